The Hall–Kier alpha value is -3.65. The molecule has 3 aromatic rings. The third-order valence-corrected chi connectivity index (χ3v) is 8.52. The highest BCUT2D eigenvalue weighted by Crippen LogP contribution is 2.23. The minimum absolute atomic E-state index is 0.103. The molecule has 42 heavy (non-hydrogen) atoms. The molecule has 0 aromatic heterocycles. The monoisotopic (exact) mass is 591 g/mol. The molecule has 1 atom stereocenters. The van der Waals surface area contributed by atoms with E-state index < -0.39 is 16.1 Å². The summed E-state index contributed by atoms with van der Waals surface area (Å²) in [6, 6.07) is 22.5. The van der Waals surface area contributed by atoms with Crippen LogP contribution >= 0.6 is 0 Å². The summed E-state index contributed by atoms with van der Waals surface area (Å²) in [5, 5.41) is 3.04. The standard InChI is InChI=1S/C34H45N3O4S/c1-25(2)23-35-34(39)32(22-29-13-8-7-9-14-29)36(24-30-15-10-12-26(3)20-30)33(38)16-11-19-37(42(6,40)41)31-18-17-27(4)28(5)21-31/h7-10,12-15,17-18,20-21,25,32H,11,16,19,22-24H2,1-6H3,(H,35,39)/t32-/m1/s1. The average Bonchev–Trinajstić information content (AvgIpc) is 2.93. The van der Waals surface area contributed by atoms with E-state index in [0.717, 1.165) is 27.8 Å². The van der Waals surface area contributed by atoms with E-state index in [0.29, 0.717) is 25.1 Å². The van der Waals surface area contributed by atoms with Gasteiger partial charge in [0.1, 0.15) is 6.04 Å². The number of sulfonamides is 1. The quantitative estimate of drug-likeness (QED) is 0.266. The van der Waals surface area contributed by atoms with Gasteiger partial charge in [-0.2, -0.15) is 0 Å². The summed E-state index contributed by atoms with van der Waals surface area (Å²) in [5.74, 6) is -0.119. The first-order chi connectivity index (χ1) is 19.8. The number of anilines is 1. The fourth-order valence-corrected chi connectivity index (χ4v) is 5.83. The van der Waals surface area contributed by atoms with Crippen molar-refractivity contribution < 1.29 is 18.0 Å². The average molecular weight is 592 g/mol. The molecule has 0 aliphatic rings. The summed E-state index contributed by atoms with van der Waals surface area (Å²) >= 11 is 0. The van der Waals surface area contributed by atoms with Crippen molar-refractivity contribution in [3.05, 3.63) is 101 Å². The van der Waals surface area contributed by atoms with Crippen LogP contribution in [0.15, 0.2) is 72.8 Å². The third-order valence-electron chi connectivity index (χ3n) is 7.32. The molecule has 0 fully saturated rings. The number of nitrogens with zero attached hydrogens (tertiary/aromatic N) is 2. The fourth-order valence-electron chi connectivity index (χ4n) is 4.87. The predicted octanol–water partition coefficient (Wildman–Crippen LogP) is 5.57. The third kappa shape index (κ3) is 9.72. The van der Waals surface area contributed by atoms with Crippen LogP contribution < -0.4 is 9.62 Å². The molecule has 0 aliphatic heterocycles. The van der Waals surface area contributed by atoms with Gasteiger partial charge < -0.3 is 10.2 Å². The van der Waals surface area contributed by atoms with Gasteiger partial charge in [-0.25, -0.2) is 8.42 Å². The van der Waals surface area contributed by atoms with Crippen LogP contribution in [0.1, 0.15) is 54.5 Å². The number of carbonyl (C=O) groups excluding carboxylic acids is 2. The van der Waals surface area contributed by atoms with E-state index in [4.69, 9.17) is 0 Å². The maximum absolute atomic E-state index is 14.0. The van der Waals surface area contributed by atoms with Crippen molar-refractivity contribution in [1.29, 1.82) is 0 Å². The van der Waals surface area contributed by atoms with Crippen LogP contribution in [0.2, 0.25) is 0 Å². The van der Waals surface area contributed by atoms with Gasteiger partial charge in [-0.1, -0.05) is 80.1 Å². The van der Waals surface area contributed by atoms with Crippen molar-refractivity contribution in [2.45, 2.75) is 66.5 Å². The van der Waals surface area contributed by atoms with Gasteiger partial charge in [0.2, 0.25) is 21.8 Å². The van der Waals surface area contributed by atoms with Crippen LogP contribution in [0.3, 0.4) is 0 Å². The lowest BCUT2D eigenvalue weighted by Gasteiger charge is -2.32. The van der Waals surface area contributed by atoms with Crippen LogP contribution in [0.4, 0.5) is 5.69 Å². The van der Waals surface area contributed by atoms with E-state index in [9.17, 15) is 18.0 Å². The molecule has 8 heteroatoms. The van der Waals surface area contributed by atoms with E-state index in [1.54, 1.807) is 11.0 Å². The Labute approximate surface area is 252 Å². The van der Waals surface area contributed by atoms with E-state index >= 15 is 0 Å². The Bertz CT molecular complexity index is 1450. The lowest BCUT2D eigenvalue weighted by atomic mass is 10.0. The zero-order valence-corrected chi connectivity index (χ0v) is 26.6. The Morgan fingerprint density at radius 1 is 0.857 bits per heavy atom. The van der Waals surface area contributed by atoms with Gasteiger partial charge >= 0.3 is 0 Å². The molecule has 226 valence electrons. The molecule has 0 unspecified atom stereocenters. The number of amides is 2. The SMILES string of the molecule is Cc1cccc(CN(C(=O)CCCN(c2ccc(C)c(C)c2)S(C)(=O)=O)[C@H](Cc2ccccc2)C(=O)NCC(C)C)c1. The molecule has 0 radical (unpaired) electrons. The summed E-state index contributed by atoms with van der Waals surface area (Å²) in [4.78, 5) is 29.2. The van der Waals surface area contributed by atoms with Gasteiger partial charge in [0.05, 0.1) is 11.9 Å². The molecular weight excluding hydrogens is 546 g/mol. The Morgan fingerprint density at radius 3 is 2.17 bits per heavy atom. The lowest BCUT2D eigenvalue weighted by molar-refractivity contribution is -0.141. The number of carbonyl (C=O) groups is 2. The smallest absolute Gasteiger partial charge is 0.243 e. The highest BCUT2D eigenvalue weighted by atomic mass is 32.2. The normalized spacial score (nSPS) is 12.2. The van der Waals surface area contributed by atoms with E-state index in [1.165, 1.54) is 10.6 Å². The Balaban J connectivity index is 1.89. The zero-order chi connectivity index (χ0) is 30.9. The van der Waals surface area contributed by atoms with Crippen LogP contribution in [0.5, 0.6) is 0 Å². The Kier molecular flexibility index (Phi) is 11.7. The van der Waals surface area contributed by atoms with Crippen molar-refractivity contribution in [2.75, 3.05) is 23.7 Å². The van der Waals surface area contributed by atoms with Gasteiger partial charge in [0.25, 0.3) is 0 Å². The summed E-state index contributed by atoms with van der Waals surface area (Å²) in [5.41, 5.74) is 5.63. The zero-order valence-electron chi connectivity index (χ0n) is 25.8. The predicted molar refractivity (Wildman–Crippen MR) is 171 cm³/mol. The number of nitrogens with one attached hydrogen (secondary N) is 1. The minimum atomic E-state index is -3.56. The summed E-state index contributed by atoms with van der Waals surface area (Å²) in [6.07, 6.45) is 1.98. The molecule has 1 N–H and O–H groups in total. The summed E-state index contributed by atoms with van der Waals surface area (Å²) < 4.78 is 26.8. The van der Waals surface area contributed by atoms with Crippen LogP contribution in [-0.2, 0) is 32.6 Å². The topological polar surface area (TPSA) is 86.8 Å². The maximum atomic E-state index is 14.0. The highest BCUT2D eigenvalue weighted by molar-refractivity contribution is 7.92. The summed E-state index contributed by atoms with van der Waals surface area (Å²) in [6.45, 7) is 10.9. The van der Waals surface area contributed by atoms with E-state index in [2.05, 4.69) is 5.32 Å². The minimum Gasteiger partial charge on any atom is -0.354 e. The van der Waals surface area contributed by atoms with E-state index in [1.807, 2.05) is 101 Å². The molecule has 0 bridgehead atoms. The second-order valence-electron chi connectivity index (χ2n) is 11.6. The van der Waals surface area contributed by atoms with Crippen molar-refractivity contribution in [3.8, 4) is 0 Å². The lowest BCUT2D eigenvalue weighted by Crippen LogP contribution is -2.51. The highest BCUT2D eigenvalue weighted by Gasteiger charge is 2.30. The van der Waals surface area contributed by atoms with Crippen molar-refractivity contribution in [2.24, 2.45) is 5.92 Å². The second-order valence-corrected chi connectivity index (χ2v) is 13.5. The first-order valence-corrected chi connectivity index (χ1v) is 16.4. The molecule has 7 nitrogen and oxygen atoms in total. The molecule has 0 heterocycles. The van der Waals surface area contributed by atoms with Gasteiger partial charge in [0, 0.05) is 32.5 Å². The van der Waals surface area contributed by atoms with Crippen LogP contribution in [0.25, 0.3) is 0 Å². The van der Waals surface area contributed by atoms with Gasteiger partial charge in [-0.05, 0) is 67.5 Å². The molecular formula is C34H45N3O4S. The van der Waals surface area contributed by atoms with Crippen molar-refractivity contribution >= 4 is 27.5 Å². The molecule has 0 saturated carbocycles. The largest absolute Gasteiger partial charge is 0.354 e. The first-order valence-electron chi connectivity index (χ1n) is 14.6. The molecule has 2 amide bonds. The number of benzene rings is 3. The molecule has 3 rings (SSSR count). The second kappa shape index (κ2) is 15.0. The molecule has 0 aliphatic carbocycles. The maximum Gasteiger partial charge on any atom is 0.243 e. The van der Waals surface area contributed by atoms with Crippen molar-refractivity contribution in [1.82, 2.24) is 10.2 Å². The first kappa shape index (κ1) is 32.9. The Morgan fingerprint density at radius 2 is 1.55 bits per heavy atom. The van der Waals surface area contributed by atoms with Gasteiger partial charge in [-0.15, -0.1) is 0 Å². The van der Waals surface area contributed by atoms with Crippen LogP contribution in [-0.4, -0.2) is 50.5 Å². The molecule has 3 aromatic carbocycles. The van der Waals surface area contributed by atoms with Gasteiger partial charge in [-0.3, -0.25) is 13.9 Å². The van der Waals surface area contributed by atoms with E-state index in [-0.39, 0.29) is 37.2 Å². The number of aryl methyl sites for hydroxylation is 3. The fraction of sp³-hybridized carbons (Fsp3) is 0.412. The number of rotatable bonds is 14. The van der Waals surface area contributed by atoms with Gasteiger partial charge in [0.15, 0.2) is 0 Å². The molecule has 0 saturated heterocycles. The van der Waals surface area contributed by atoms with Crippen molar-refractivity contribution in [3.63, 3.8) is 0 Å². The molecule has 0 spiro atoms. The number of hydrogen-bond acceptors (Lipinski definition) is 4. The number of hydrogen-bond donors (Lipinski definition) is 1. The summed E-state index contributed by atoms with van der Waals surface area (Å²) in [7, 11) is -3.56. The van der Waals surface area contributed by atoms with Crippen LogP contribution in [0, 0.1) is 26.7 Å².